The Labute approximate surface area is 107 Å². The molecule has 7 nitrogen and oxygen atoms in total. The van der Waals surface area contributed by atoms with Gasteiger partial charge in [-0.1, -0.05) is 0 Å². The number of primary amides is 1. The maximum absolute atomic E-state index is 12.0. The molecule has 0 aliphatic carbocycles. The van der Waals surface area contributed by atoms with Gasteiger partial charge in [0.15, 0.2) is 0 Å². The lowest BCUT2D eigenvalue weighted by molar-refractivity contribution is -0.134. The number of carbonyl (C=O) groups is 2. The van der Waals surface area contributed by atoms with E-state index in [2.05, 4.69) is 4.90 Å². The zero-order chi connectivity index (χ0) is 13.5. The molecule has 1 heterocycles. The molecule has 1 aliphatic heterocycles. The first-order valence-electron chi connectivity index (χ1n) is 6.20. The molecule has 18 heavy (non-hydrogen) atoms. The first-order valence-corrected chi connectivity index (χ1v) is 6.20. The van der Waals surface area contributed by atoms with Gasteiger partial charge in [-0.15, -0.1) is 0 Å². The molecule has 5 N–H and O–H groups in total. The summed E-state index contributed by atoms with van der Waals surface area (Å²) in [6, 6.07) is -0.841. The SMILES string of the molecule is NC(=O)CC(N)C(=O)N1CCCN(CCO)CC1. The van der Waals surface area contributed by atoms with Crippen molar-refractivity contribution < 1.29 is 14.7 Å². The Kier molecular flexibility index (Phi) is 6.03. The average Bonchev–Trinajstić information content (AvgIpc) is 2.53. The Morgan fingerprint density at radius 2 is 1.94 bits per heavy atom. The van der Waals surface area contributed by atoms with Gasteiger partial charge in [0.2, 0.25) is 11.8 Å². The third-order valence-electron chi connectivity index (χ3n) is 3.05. The molecule has 0 saturated carbocycles. The number of aliphatic hydroxyl groups is 1. The summed E-state index contributed by atoms with van der Waals surface area (Å²) in [4.78, 5) is 26.5. The monoisotopic (exact) mass is 258 g/mol. The minimum atomic E-state index is -0.841. The van der Waals surface area contributed by atoms with Gasteiger partial charge in [0, 0.05) is 26.2 Å². The third kappa shape index (κ3) is 4.59. The summed E-state index contributed by atoms with van der Waals surface area (Å²) < 4.78 is 0. The van der Waals surface area contributed by atoms with E-state index in [1.165, 1.54) is 0 Å². The summed E-state index contributed by atoms with van der Waals surface area (Å²) in [6.07, 6.45) is 0.727. The largest absolute Gasteiger partial charge is 0.395 e. The number of β-amino-alcohol motifs (C(OH)–C–C–N with tert-alkyl or cyclic N) is 1. The molecule has 0 bridgehead atoms. The predicted molar refractivity (Wildman–Crippen MR) is 66.5 cm³/mol. The molecule has 1 fully saturated rings. The van der Waals surface area contributed by atoms with Gasteiger partial charge in [0.1, 0.15) is 0 Å². The lowest BCUT2D eigenvalue weighted by atomic mass is 10.2. The maximum atomic E-state index is 12.0. The molecule has 0 spiro atoms. The fourth-order valence-electron chi connectivity index (χ4n) is 2.09. The van der Waals surface area contributed by atoms with Crippen LogP contribution in [0, 0.1) is 0 Å². The van der Waals surface area contributed by atoms with Crippen molar-refractivity contribution in [2.24, 2.45) is 11.5 Å². The second kappa shape index (κ2) is 7.30. The molecule has 1 atom stereocenters. The Bertz CT molecular complexity index is 298. The van der Waals surface area contributed by atoms with Crippen molar-refractivity contribution in [2.45, 2.75) is 18.9 Å². The molecule has 1 saturated heterocycles. The van der Waals surface area contributed by atoms with Crippen LogP contribution in [0.5, 0.6) is 0 Å². The number of rotatable bonds is 5. The van der Waals surface area contributed by atoms with Crippen LogP contribution in [0.4, 0.5) is 0 Å². The molecule has 0 aromatic carbocycles. The first kappa shape index (κ1) is 14.9. The van der Waals surface area contributed by atoms with Crippen LogP contribution in [0.3, 0.4) is 0 Å². The second-order valence-corrected chi connectivity index (χ2v) is 4.52. The lowest BCUT2D eigenvalue weighted by Gasteiger charge is -2.24. The van der Waals surface area contributed by atoms with E-state index in [0.29, 0.717) is 19.6 Å². The van der Waals surface area contributed by atoms with Crippen LogP contribution in [0.15, 0.2) is 0 Å². The third-order valence-corrected chi connectivity index (χ3v) is 3.05. The van der Waals surface area contributed by atoms with Crippen molar-refractivity contribution in [1.29, 1.82) is 0 Å². The van der Waals surface area contributed by atoms with Gasteiger partial charge in [-0.05, 0) is 13.0 Å². The summed E-state index contributed by atoms with van der Waals surface area (Å²) in [6.45, 7) is 3.52. The topological polar surface area (TPSA) is 113 Å². The van der Waals surface area contributed by atoms with E-state index in [0.717, 1.165) is 19.5 Å². The van der Waals surface area contributed by atoms with Gasteiger partial charge in [-0.3, -0.25) is 14.5 Å². The summed E-state index contributed by atoms with van der Waals surface area (Å²) in [7, 11) is 0. The Hall–Kier alpha value is -1.18. The van der Waals surface area contributed by atoms with Crippen molar-refractivity contribution in [3.8, 4) is 0 Å². The molecule has 2 amide bonds. The standard InChI is InChI=1S/C11H22N4O3/c12-9(8-10(13)17)11(18)15-3-1-2-14(4-5-15)6-7-16/h9,16H,1-8,12H2,(H2,13,17). The molecular weight excluding hydrogens is 236 g/mol. The van der Waals surface area contributed by atoms with Crippen molar-refractivity contribution in [1.82, 2.24) is 9.80 Å². The molecule has 1 unspecified atom stereocenters. The molecule has 7 heteroatoms. The van der Waals surface area contributed by atoms with E-state index in [1.54, 1.807) is 4.90 Å². The van der Waals surface area contributed by atoms with Gasteiger partial charge < -0.3 is 21.5 Å². The Morgan fingerprint density at radius 3 is 2.56 bits per heavy atom. The van der Waals surface area contributed by atoms with E-state index in [9.17, 15) is 9.59 Å². The molecule has 0 aromatic rings. The summed E-state index contributed by atoms with van der Waals surface area (Å²) >= 11 is 0. The predicted octanol–water partition coefficient (Wildman–Crippen LogP) is -2.28. The van der Waals surface area contributed by atoms with E-state index in [1.807, 2.05) is 0 Å². The van der Waals surface area contributed by atoms with Crippen molar-refractivity contribution >= 4 is 11.8 Å². The van der Waals surface area contributed by atoms with Gasteiger partial charge in [0.25, 0.3) is 0 Å². The summed E-state index contributed by atoms with van der Waals surface area (Å²) in [5.41, 5.74) is 10.7. The fraction of sp³-hybridized carbons (Fsp3) is 0.818. The normalized spacial score (nSPS) is 19.3. The van der Waals surface area contributed by atoms with Crippen LogP contribution in [0.1, 0.15) is 12.8 Å². The highest BCUT2D eigenvalue weighted by molar-refractivity contribution is 5.87. The van der Waals surface area contributed by atoms with Crippen LogP contribution in [-0.2, 0) is 9.59 Å². The number of carbonyl (C=O) groups excluding carboxylic acids is 2. The fourth-order valence-corrected chi connectivity index (χ4v) is 2.09. The summed E-state index contributed by atoms with van der Waals surface area (Å²) in [5, 5.41) is 8.88. The lowest BCUT2D eigenvalue weighted by Crippen LogP contribution is -2.46. The van der Waals surface area contributed by atoms with Gasteiger partial charge in [-0.2, -0.15) is 0 Å². The molecular formula is C11H22N4O3. The smallest absolute Gasteiger partial charge is 0.240 e. The molecule has 0 radical (unpaired) electrons. The average molecular weight is 258 g/mol. The number of hydrogen-bond donors (Lipinski definition) is 3. The van der Waals surface area contributed by atoms with E-state index < -0.39 is 11.9 Å². The highest BCUT2D eigenvalue weighted by atomic mass is 16.3. The number of nitrogens with two attached hydrogens (primary N) is 2. The minimum absolute atomic E-state index is 0.115. The Morgan fingerprint density at radius 1 is 1.22 bits per heavy atom. The highest BCUT2D eigenvalue weighted by Gasteiger charge is 2.24. The van der Waals surface area contributed by atoms with Crippen molar-refractivity contribution in [2.75, 3.05) is 39.3 Å². The molecule has 1 aliphatic rings. The number of nitrogens with zero attached hydrogens (tertiary/aromatic N) is 2. The zero-order valence-electron chi connectivity index (χ0n) is 10.5. The van der Waals surface area contributed by atoms with Gasteiger partial charge in [-0.25, -0.2) is 0 Å². The molecule has 104 valence electrons. The van der Waals surface area contributed by atoms with Crippen LogP contribution in [0.25, 0.3) is 0 Å². The van der Waals surface area contributed by atoms with Crippen molar-refractivity contribution in [3.05, 3.63) is 0 Å². The van der Waals surface area contributed by atoms with E-state index in [-0.39, 0.29) is 18.9 Å². The van der Waals surface area contributed by atoms with E-state index >= 15 is 0 Å². The van der Waals surface area contributed by atoms with Gasteiger partial charge >= 0.3 is 0 Å². The molecule has 0 aromatic heterocycles. The van der Waals surface area contributed by atoms with Gasteiger partial charge in [0.05, 0.1) is 19.1 Å². The number of aliphatic hydroxyl groups excluding tert-OH is 1. The van der Waals surface area contributed by atoms with Crippen LogP contribution in [-0.4, -0.2) is 72.1 Å². The minimum Gasteiger partial charge on any atom is -0.395 e. The molecule has 1 rings (SSSR count). The number of hydrogen-bond acceptors (Lipinski definition) is 5. The quantitative estimate of drug-likeness (QED) is 0.514. The first-order chi connectivity index (χ1) is 8.54. The van der Waals surface area contributed by atoms with Crippen LogP contribution < -0.4 is 11.5 Å². The summed E-state index contributed by atoms with van der Waals surface area (Å²) in [5.74, 6) is -0.785. The number of amides is 2. The Balaban J connectivity index is 2.46. The van der Waals surface area contributed by atoms with Crippen LogP contribution in [0.2, 0.25) is 0 Å². The van der Waals surface area contributed by atoms with Crippen LogP contribution >= 0.6 is 0 Å². The van der Waals surface area contributed by atoms with Crippen molar-refractivity contribution in [3.63, 3.8) is 0 Å². The zero-order valence-corrected chi connectivity index (χ0v) is 10.5. The highest BCUT2D eigenvalue weighted by Crippen LogP contribution is 2.05. The second-order valence-electron chi connectivity index (χ2n) is 4.52. The maximum Gasteiger partial charge on any atom is 0.240 e. The van der Waals surface area contributed by atoms with E-state index in [4.69, 9.17) is 16.6 Å².